The van der Waals surface area contributed by atoms with Gasteiger partial charge in [0.25, 0.3) is 11.5 Å². The van der Waals surface area contributed by atoms with Gasteiger partial charge in [-0.05, 0) is 25.1 Å². The Labute approximate surface area is 194 Å². The lowest BCUT2D eigenvalue weighted by Crippen LogP contribution is -2.52. The van der Waals surface area contributed by atoms with Crippen molar-refractivity contribution in [3.8, 4) is 5.69 Å². The van der Waals surface area contributed by atoms with Crippen LogP contribution in [0.5, 0.6) is 0 Å². The Morgan fingerprint density at radius 3 is 2.18 bits per heavy atom. The highest BCUT2D eigenvalue weighted by molar-refractivity contribution is 5.92. The van der Waals surface area contributed by atoms with Gasteiger partial charge in [-0.25, -0.2) is 9.18 Å². The molecule has 0 unspecified atom stereocenters. The molecule has 0 atom stereocenters. The van der Waals surface area contributed by atoms with Gasteiger partial charge in [0.05, 0.1) is 12.2 Å². The van der Waals surface area contributed by atoms with Gasteiger partial charge in [0, 0.05) is 38.7 Å². The Hall–Kier alpha value is -4.08. The van der Waals surface area contributed by atoms with Crippen molar-refractivity contribution in [3.05, 3.63) is 92.0 Å². The lowest BCUT2D eigenvalue weighted by molar-refractivity contribution is -0.130. The van der Waals surface area contributed by atoms with Gasteiger partial charge in [-0.15, -0.1) is 0 Å². The Bertz CT molecular complexity index is 1360. The van der Waals surface area contributed by atoms with Crippen molar-refractivity contribution < 1.29 is 14.0 Å². The maximum absolute atomic E-state index is 14.3. The molecule has 3 aromatic rings. The monoisotopic (exact) mass is 465 g/mol. The van der Waals surface area contributed by atoms with Gasteiger partial charge in [-0.3, -0.25) is 19.0 Å². The molecule has 0 saturated carbocycles. The van der Waals surface area contributed by atoms with E-state index in [1.807, 2.05) is 6.92 Å². The molecule has 0 aliphatic carbocycles. The minimum absolute atomic E-state index is 0.0922. The number of carbonyl (C=O) groups excluding carboxylic acids is 2. The van der Waals surface area contributed by atoms with E-state index in [0.717, 1.165) is 14.8 Å². The number of aromatic nitrogens is 3. The number of halogens is 1. The molecule has 1 saturated heterocycles. The van der Waals surface area contributed by atoms with E-state index in [1.54, 1.807) is 35.2 Å². The first-order valence-electron chi connectivity index (χ1n) is 10.9. The topological polar surface area (TPSA) is 97.5 Å². The lowest BCUT2D eigenvalue weighted by atomic mass is 10.2. The fourth-order valence-electron chi connectivity index (χ4n) is 3.81. The molecule has 2 aromatic carbocycles. The summed E-state index contributed by atoms with van der Waals surface area (Å²) in [6.07, 6.45) is 0. The van der Waals surface area contributed by atoms with Crippen LogP contribution in [0.1, 0.15) is 28.5 Å². The lowest BCUT2D eigenvalue weighted by Gasteiger charge is -2.33. The van der Waals surface area contributed by atoms with Crippen molar-refractivity contribution in [2.75, 3.05) is 26.2 Å². The first-order valence-corrected chi connectivity index (χ1v) is 10.9. The fraction of sp³-hybridized carbons (Fsp3) is 0.292. The molecule has 0 spiro atoms. The number of piperazine rings is 1. The predicted molar refractivity (Wildman–Crippen MR) is 122 cm³/mol. The standard InChI is InChI=1S/C24H24FN5O4/c1-16-7-9-19(10-8-16)30-24(34)29(15-18-5-3-4-6-20(18)25)23(33)21(26-30)22(32)28-13-11-27(12-14-28)17(2)31/h3-10H,11-15H2,1-2H3. The van der Waals surface area contributed by atoms with E-state index >= 15 is 0 Å². The SMILES string of the molecule is CC(=O)N1CCN(C(=O)c2nn(-c3ccc(C)cc3)c(=O)n(Cc3ccccc3F)c2=O)CC1. The zero-order chi connectivity index (χ0) is 24.4. The van der Waals surface area contributed by atoms with Gasteiger partial charge in [0.2, 0.25) is 11.6 Å². The Balaban J connectivity index is 1.80. The third kappa shape index (κ3) is 4.52. The van der Waals surface area contributed by atoms with E-state index in [1.165, 1.54) is 30.0 Å². The highest BCUT2D eigenvalue weighted by atomic mass is 19.1. The quantitative estimate of drug-likeness (QED) is 0.577. The van der Waals surface area contributed by atoms with Crippen LogP contribution in [0, 0.1) is 12.7 Å². The maximum Gasteiger partial charge on any atom is 0.352 e. The molecule has 1 aliphatic heterocycles. The van der Waals surface area contributed by atoms with Gasteiger partial charge in [0.1, 0.15) is 5.82 Å². The van der Waals surface area contributed by atoms with Crippen LogP contribution >= 0.6 is 0 Å². The summed E-state index contributed by atoms with van der Waals surface area (Å²) in [6, 6.07) is 12.7. The number of nitrogens with zero attached hydrogens (tertiary/aromatic N) is 5. The number of amides is 2. The molecule has 0 radical (unpaired) electrons. The molecule has 1 aromatic heterocycles. The van der Waals surface area contributed by atoms with Gasteiger partial charge in [-0.1, -0.05) is 35.9 Å². The number of hydrogen-bond acceptors (Lipinski definition) is 5. The number of aryl methyl sites for hydroxylation is 1. The highest BCUT2D eigenvalue weighted by Gasteiger charge is 2.28. The second kappa shape index (κ2) is 9.42. The molecular formula is C24H24FN5O4. The second-order valence-electron chi connectivity index (χ2n) is 8.16. The fourth-order valence-corrected chi connectivity index (χ4v) is 3.81. The van der Waals surface area contributed by atoms with Crippen LogP contribution in [0.25, 0.3) is 5.69 Å². The van der Waals surface area contributed by atoms with E-state index in [-0.39, 0.29) is 31.1 Å². The van der Waals surface area contributed by atoms with Crippen LogP contribution in [0.4, 0.5) is 4.39 Å². The van der Waals surface area contributed by atoms with Crippen LogP contribution in [0.3, 0.4) is 0 Å². The normalized spacial score (nSPS) is 13.7. The van der Waals surface area contributed by atoms with Crippen LogP contribution in [-0.4, -0.2) is 62.1 Å². The van der Waals surface area contributed by atoms with Crippen LogP contribution in [0.15, 0.2) is 58.1 Å². The Morgan fingerprint density at radius 1 is 0.941 bits per heavy atom. The smallest absolute Gasteiger partial charge is 0.339 e. The van der Waals surface area contributed by atoms with Gasteiger partial charge < -0.3 is 9.80 Å². The predicted octanol–water partition coefficient (Wildman–Crippen LogP) is 1.19. The molecule has 1 fully saturated rings. The third-order valence-electron chi connectivity index (χ3n) is 5.84. The van der Waals surface area contributed by atoms with Crippen LogP contribution < -0.4 is 11.2 Å². The average molecular weight is 465 g/mol. The Kier molecular flexibility index (Phi) is 6.40. The Morgan fingerprint density at radius 2 is 1.56 bits per heavy atom. The molecule has 2 amide bonds. The molecule has 4 rings (SSSR count). The molecule has 34 heavy (non-hydrogen) atoms. The summed E-state index contributed by atoms with van der Waals surface area (Å²) < 4.78 is 16.1. The van der Waals surface area contributed by atoms with Gasteiger partial charge in [-0.2, -0.15) is 9.78 Å². The zero-order valence-corrected chi connectivity index (χ0v) is 18.9. The molecule has 2 heterocycles. The van der Waals surface area contributed by atoms with Crippen LogP contribution in [0.2, 0.25) is 0 Å². The first kappa shape index (κ1) is 23.1. The summed E-state index contributed by atoms with van der Waals surface area (Å²) in [4.78, 5) is 54.4. The van der Waals surface area contributed by atoms with Gasteiger partial charge in [0.15, 0.2) is 0 Å². The summed E-state index contributed by atoms with van der Waals surface area (Å²) in [5, 5.41) is 4.13. The summed E-state index contributed by atoms with van der Waals surface area (Å²) in [6.45, 7) is 4.13. The van der Waals surface area contributed by atoms with Crippen molar-refractivity contribution in [2.45, 2.75) is 20.4 Å². The summed E-state index contributed by atoms with van der Waals surface area (Å²) >= 11 is 0. The molecule has 9 nitrogen and oxygen atoms in total. The van der Waals surface area contributed by atoms with Crippen molar-refractivity contribution in [3.63, 3.8) is 0 Å². The summed E-state index contributed by atoms with van der Waals surface area (Å²) in [5.41, 5.74) is -0.653. The average Bonchev–Trinajstić information content (AvgIpc) is 2.83. The first-order chi connectivity index (χ1) is 16.3. The minimum atomic E-state index is -0.893. The van der Waals surface area contributed by atoms with Crippen molar-refractivity contribution in [2.24, 2.45) is 0 Å². The number of rotatable bonds is 4. The number of hydrogen-bond donors (Lipinski definition) is 0. The highest BCUT2D eigenvalue weighted by Crippen LogP contribution is 2.10. The van der Waals surface area contributed by atoms with E-state index in [9.17, 15) is 23.6 Å². The summed E-state index contributed by atoms with van der Waals surface area (Å²) in [5.74, 6) is -1.30. The molecule has 176 valence electrons. The summed E-state index contributed by atoms with van der Waals surface area (Å²) in [7, 11) is 0. The van der Waals surface area contributed by atoms with Gasteiger partial charge >= 0.3 is 5.69 Å². The maximum atomic E-state index is 14.3. The second-order valence-corrected chi connectivity index (χ2v) is 8.16. The van der Waals surface area contributed by atoms with Crippen LogP contribution in [-0.2, 0) is 11.3 Å². The van der Waals surface area contributed by atoms with E-state index in [0.29, 0.717) is 18.8 Å². The van der Waals surface area contributed by atoms with E-state index in [2.05, 4.69) is 5.10 Å². The molecule has 0 bridgehead atoms. The van der Waals surface area contributed by atoms with Crippen molar-refractivity contribution >= 4 is 11.8 Å². The third-order valence-corrected chi connectivity index (χ3v) is 5.84. The van der Waals surface area contributed by atoms with E-state index in [4.69, 9.17) is 0 Å². The number of benzene rings is 2. The number of carbonyl (C=O) groups is 2. The van der Waals surface area contributed by atoms with Crippen molar-refractivity contribution in [1.29, 1.82) is 0 Å². The largest absolute Gasteiger partial charge is 0.352 e. The molecule has 0 N–H and O–H groups in total. The minimum Gasteiger partial charge on any atom is -0.339 e. The van der Waals surface area contributed by atoms with Crippen molar-refractivity contribution in [1.82, 2.24) is 24.1 Å². The molecule has 1 aliphatic rings. The molecular weight excluding hydrogens is 441 g/mol. The van der Waals surface area contributed by atoms with E-state index < -0.39 is 28.7 Å². The molecule has 10 heteroatoms. The zero-order valence-electron chi connectivity index (χ0n) is 18.9.